The van der Waals surface area contributed by atoms with Crippen molar-refractivity contribution in [3.05, 3.63) is 34.7 Å². The van der Waals surface area contributed by atoms with Gasteiger partial charge in [-0.2, -0.15) is 0 Å². The van der Waals surface area contributed by atoms with Crippen molar-refractivity contribution in [3.63, 3.8) is 0 Å². The second-order valence-corrected chi connectivity index (χ2v) is 4.30. The van der Waals surface area contributed by atoms with Crippen molar-refractivity contribution in [2.75, 3.05) is 0 Å². The highest BCUT2D eigenvalue weighted by Crippen LogP contribution is 2.41. The molecule has 0 aromatic heterocycles. The Morgan fingerprint density at radius 1 is 1.07 bits per heavy atom. The molecule has 0 heterocycles. The van der Waals surface area contributed by atoms with Crippen LogP contribution in [0.2, 0.25) is 0 Å². The van der Waals surface area contributed by atoms with E-state index >= 15 is 0 Å². The van der Waals surface area contributed by atoms with Crippen molar-refractivity contribution in [3.8, 4) is 0 Å². The molecule has 1 fully saturated rings. The number of hydrogen-bond donors (Lipinski definition) is 0. The Bertz CT molecular complexity index is 323. The van der Waals surface area contributed by atoms with Crippen LogP contribution >= 0.6 is 0 Å². The zero-order valence-corrected chi connectivity index (χ0v) is 8.83. The summed E-state index contributed by atoms with van der Waals surface area (Å²) in [7, 11) is 0. The molecule has 0 unspecified atom stereocenters. The van der Waals surface area contributed by atoms with Crippen molar-refractivity contribution in [1.82, 2.24) is 0 Å². The van der Waals surface area contributed by atoms with E-state index in [2.05, 4.69) is 13.5 Å². The van der Waals surface area contributed by atoms with E-state index in [1.165, 1.54) is 36.8 Å². The van der Waals surface area contributed by atoms with E-state index in [0.717, 1.165) is 18.4 Å². The fraction of sp³-hybridized carbons (Fsp3) is 0.538. The van der Waals surface area contributed by atoms with Gasteiger partial charge in [-0.1, -0.05) is 12.2 Å². The number of allylic oxidation sites excluding steroid dienone is 5. The summed E-state index contributed by atoms with van der Waals surface area (Å²) in [5, 5.41) is 0. The first-order valence-electron chi connectivity index (χ1n) is 5.46. The van der Waals surface area contributed by atoms with E-state index in [0.29, 0.717) is 0 Å². The maximum Gasteiger partial charge on any atom is 0.119 e. The van der Waals surface area contributed by atoms with Gasteiger partial charge in [0.25, 0.3) is 0 Å². The Morgan fingerprint density at radius 2 is 1.64 bits per heavy atom. The average Bonchev–Trinajstić information content (AvgIpc) is 2.51. The van der Waals surface area contributed by atoms with Gasteiger partial charge in [0.1, 0.15) is 5.83 Å². The third kappa shape index (κ3) is 1.56. The quantitative estimate of drug-likeness (QED) is 0.606. The molecule has 1 heteroatoms. The van der Waals surface area contributed by atoms with E-state index in [-0.39, 0.29) is 5.83 Å². The highest BCUT2D eigenvalue weighted by molar-refractivity contribution is 5.49. The van der Waals surface area contributed by atoms with Gasteiger partial charge in [0.05, 0.1) is 0 Å². The van der Waals surface area contributed by atoms with Gasteiger partial charge in [0, 0.05) is 0 Å². The van der Waals surface area contributed by atoms with E-state index < -0.39 is 0 Å². The van der Waals surface area contributed by atoms with E-state index in [1.807, 2.05) is 0 Å². The van der Waals surface area contributed by atoms with Gasteiger partial charge in [-0.3, -0.25) is 0 Å². The molecule has 1 saturated carbocycles. The summed E-state index contributed by atoms with van der Waals surface area (Å²) in [6.45, 7) is 5.54. The lowest BCUT2D eigenvalue weighted by Gasteiger charge is -2.24. The first-order chi connectivity index (χ1) is 6.70. The van der Waals surface area contributed by atoms with Gasteiger partial charge in [0.15, 0.2) is 0 Å². The van der Waals surface area contributed by atoms with Gasteiger partial charge < -0.3 is 0 Å². The van der Waals surface area contributed by atoms with Crippen molar-refractivity contribution in [1.29, 1.82) is 0 Å². The minimum absolute atomic E-state index is 0.218. The van der Waals surface area contributed by atoms with Crippen molar-refractivity contribution in [2.45, 2.75) is 45.4 Å². The van der Waals surface area contributed by atoms with Gasteiger partial charge in [-0.15, -0.1) is 0 Å². The molecule has 0 atom stereocenters. The molecule has 2 aliphatic rings. The van der Waals surface area contributed by atoms with Crippen LogP contribution in [-0.4, -0.2) is 0 Å². The van der Waals surface area contributed by atoms with Crippen LogP contribution in [0.3, 0.4) is 0 Å². The molecule has 2 rings (SSSR count). The Kier molecular flexibility index (Phi) is 2.58. The third-order valence-electron chi connectivity index (χ3n) is 3.51. The van der Waals surface area contributed by atoms with Crippen LogP contribution in [0.15, 0.2) is 34.7 Å². The minimum Gasteiger partial charge on any atom is -0.207 e. The van der Waals surface area contributed by atoms with E-state index in [9.17, 15) is 4.39 Å². The lowest BCUT2D eigenvalue weighted by Crippen LogP contribution is -2.06. The summed E-state index contributed by atoms with van der Waals surface area (Å²) in [6, 6.07) is 0. The first-order valence-corrected chi connectivity index (χ1v) is 5.46. The first kappa shape index (κ1) is 9.70. The van der Waals surface area contributed by atoms with Crippen LogP contribution in [0.5, 0.6) is 0 Å². The molecule has 2 aliphatic carbocycles. The molecular formula is C13H17F. The lowest BCUT2D eigenvalue weighted by molar-refractivity contribution is 0.616. The van der Waals surface area contributed by atoms with Crippen molar-refractivity contribution >= 4 is 0 Å². The van der Waals surface area contributed by atoms with Crippen molar-refractivity contribution in [2.24, 2.45) is 0 Å². The van der Waals surface area contributed by atoms with Crippen LogP contribution in [-0.2, 0) is 0 Å². The second-order valence-electron chi connectivity index (χ2n) is 4.30. The lowest BCUT2D eigenvalue weighted by atomic mass is 9.81. The van der Waals surface area contributed by atoms with Gasteiger partial charge in [0.2, 0.25) is 0 Å². The third-order valence-corrected chi connectivity index (χ3v) is 3.51. The van der Waals surface area contributed by atoms with Crippen LogP contribution < -0.4 is 0 Å². The molecule has 0 amide bonds. The van der Waals surface area contributed by atoms with Crippen LogP contribution in [0.4, 0.5) is 4.39 Å². The predicted molar refractivity (Wildman–Crippen MR) is 57.7 cm³/mol. The average molecular weight is 192 g/mol. The highest BCUT2D eigenvalue weighted by Gasteiger charge is 2.23. The molecular weight excluding hydrogens is 175 g/mol. The highest BCUT2D eigenvalue weighted by atomic mass is 19.1. The fourth-order valence-electron chi connectivity index (χ4n) is 2.48. The van der Waals surface area contributed by atoms with Crippen LogP contribution in [0.1, 0.15) is 45.4 Å². The molecule has 0 saturated heterocycles. The minimum atomic E-state index is -0.218. The number of halogens is 1. The molecule has 14 heavy (non-hydrogen) atoms. The van der Waals surface area contributed by atoms with Crippen molar-refractivity contribution < 1.29 is 4.39 Å². The van der Waals surface area contributed by atoms with E-state index in [1.54, 1.807) is 5.57 Å². The van der Waals surface area contributed by atoms with Gasteiger partial charge in [-0.25, -0.2) is 4.39 Å². The zero-order chi connectivity index (χ0) is 10.1. The Balaban J connectivity index is 2.27. The van der Waals surface area contributed by atoms with Gasteiger partial charge in [-0.05, 0) is 62.2 Å². The molecule has 0 aliphatic heterocycles. The van der Waals surface area contributed by atoms with Crippen LogP contribution in [0, 0.1) is 0 Å². The molecule has 0 radical (unpaired) electrons. The molecule has 0 N–H and O–H groups in total. The SMILES string of the molecule is C=C(F)C1=C(C(C)=C2CCCC2)CC1. The summed E-state index contributed by atoms with van der Waals surface area (Å²) in [5.41, 5.74) is 5.04. The molecule has 0 spiro atoms. The van der Waals surface area contributed by atoms with E-state index in [4.69, 9.17) is 0 Å². The Labute approximate surface area is 85.2 Å². The Morgan fingerprint density at radius 3 is 2.07 bits per heavy atom. The number of hydrogen-bond acceptors (Lipinski definition) is 0. The summed E-state index contributed by atoms with van der Waals surface area (Å²) in [4.78, 5) is 0. The summed E-state index contributed by atoms with van der Waals surface area (Å²) in [6.07, 6.45) is 7.00. The standard InChI is InChI=1S/C13H17F/c1-9(11-5-3-4-6-11)12-7-8-13(12)10(2)14/h2-8H2,1H3. The second kappa shape index (κ2) is 3.72. The van der Waals surface area contributed by atoms with Gasteiger partial charge >= 0.3 is 0 Å². The number of rotatable bonds is 2. The zero-order valence-electron chi connectivity index (χ0n) is 8.83. The smallest absolute Gasteiger partial charge is 0.119 e. The Hall–Kier alpha value is -0.850. The summed E-state index contributed by atoms with van der Waals surface area (Å²) in [5.74, 6) is -0.218. The molecule has 0 aromatic carbocycles. The molecule has 0 nitrogen and oxygen atoms in total. The largest absolute Gasteiger partial charge is 0.207 e. The monoisotopic (exact) mass is 192 g/mol. The predicted octanol–water partition coefficient (Wildman–Crippen LogP) is 4.45. The fourth-order valence-corrected chi connectivity index (χ4v) is 2.48. The maximum absolute atomic E-state index is 13.0. The van der Waals surface area contributed by atoms with Crippen LogP contribution in [0.25, 0.3) is 0 Å². The molecule has 0 aromatic rings. The maximum atomic E-state index is 13.0. The summed E-state index contributed by atoms with van der Waals surface area (Å²) >= 11 is 0. The summed E-state index contributed by atoms with van der Waals surface area (Å²) < 4.78 is 13.0. The topological polar surface area (TPSA) is 0 Å². The normalized spacial score (nSPS) is 21.1. The molecule has 76 valence electrons. The molecule has 0 bridgehead atoms.